The van der Waals surface area contributed by atoms with Crippen molar-refractivity contribution >= 4 is 11.6 Å². The first-order valence-electron chi connectivity index (χ1n) is 7.01. The number of hydrogen-bond donors (Lipinski definition) is 1. The van der Waals surface area contributed by atoms with Gasteiger partial charge in [0.1, 0.15) is 0 Å². The summed E-state index contributed by atoms with van der Waals surface area (Å²) in [5.41, 5.74) is 1.03. The van der Waals surface area contributed by atoms with Crippen molar-refractivity contribution in [2.75, 3.05) is 6.54 Å². The Labute approximate surface area is 123 Å². The molecule has 20 heavy (non-hydrogen) atoms. The average Bonchev–Trinajstić information content (AvgIpc) is 2.90. The van der Waals surface area contributed by atoms with Crippen LogP contribution in [0.25, 0.3) is 0 Å². The van der Waals surface area contributed by atoms with E-state index in [1.807, 2.05) is 24.3 Å². The van der Waals surface area contributed by atoms with Gasteiger partial charge in [-0.3, -0.25) is 0 Å². The fourth-order valence-electron chi connectivity index (χ4n) is 2.67. The van der Waals surface area contributed by atoms with Gasteiger partial charge in [0.2, 0.25) is 5.89 Å². The van der Waals surface area contributed by atoms with Crippen LogP contribution in [0.15, 0.2) is 28.8 Å². The molecule has 1 fully saturated rings. The van der Waals surface area contributed by atoms with Gasteiger partial charge in [-0.1, -0.05) is 35.0 Å². The zero-order chi connectivity index (χ0) is 13.9. The van der Waals surface area contributed by atoms with Crippen LogP contribution >= 0.6 is 11.6 Å². The largest absolute Gasteiger partial charge is 0.339 e. The first-order valence-corrected chi connectivity index (χ1v) is 7.39. The normalized spacial score (nSPS) is 22.9. The van der Waals surface area contributed by atoms with E-state index in [-0.39, 0.29) is 0 Å². The summed E-state index contributed by atoms with van der Waals surface area (Å²) in [7, 11) is 0. The number of nitrogens with zero attached hydrogens (tertiary/aromatic N) is 2. The van der Waals surface area contributed by atoms with Crippen LogP contribution in [0.3, 0.4) is 0 Å². The van der Waals surface area contributed by atoms with Crippen molar-refractivity contribution in [3.63, 3.8) is 0 Å². The van der Waals surface area contributed by atoms with E-state index in [0.717, 1.165) is 35.9 Å². The van der Waals surface area contributed by atoms with Gasteiger partial charge in [0.15, 0.2) is 5.82 Å². The first kappa shape index (κ1) is 13.6. The minimum atomic E-state index is 0.374. The minimum absolute atomic E-state index is 0.374. The standard InChI is InChI=1S/C15H18ClN3O/c1-10-8-12(6-7-17-10)15-18-14(19-20-15)9-11-4-2-3-5-13(11)16/h2-5,10,12,17H,6-9H2,1H3. The Morgan fingerprint density at radius 3 is 3.05 bits per heavy atom. The highest BCUT2D eigenvalue weighted by atomic mass is 35.5. The number of benzene rings is 1. The lowest BCUT2D eigenvalue weighted by Crippen LogP contribution is -2.34. The Kier molecular flexibility index (Phi) is 4.03. The SMILES string of the molecule is CC1CC(c2nc(Cc3ccccc3Cl)no2)CCN1. The third-order valence-corrected chi connectivity index (χ3v) is 4.13. The Morgan fingerprint density at radius 1 is 1.40 bits per heavy atom. The maximum Gasteiger partial charge on any atom is 0.229 e. The van der Waals surface area contributed by atoms with Crippen LogP contribution in [0.4, 0.5) is 0 Å². The molecule has 1 aliphatic rings. The molecule has 0 amide bonds. The van der Waals surface area contributed by atoms with Crippen LogP contribution in [0, 0.1) is 0 Å². The van der Waals surface area contributed by atoms with Crippen molar-refractivity contribution < 1.29 is 4.52 Å². The number of rotatable bonds is 3. The van der Waals surface area contributed by atoms with E-state index in [1.165, 1.54) is 0 Å². The van der Waals surface area contributed by atoms with E-state index in [2.05, 4.69) is 22.4 Å². The molecular formula is C15H18ClN3O. The smallest absolute Gasteiger partial charge is 0.229 e. The molecule has 1 aromatic carbocycles. The molecule has 0 saturated carbocycles. The van der Waals surface area contributed by atoms with Crippen LogP contribution < -0.4 is 5.32 Å². The number of halogens is 1. The first-order chi connectivity index (χ1) is 9.72. The Morgan fingerprint density at radius 2 is 2.25 bits per heavy atom. The van der Waals surface area contributed by atoms with Gasteiger partial charge in [0.05, 0.1) is 0 Å². The van der Waals surface area contributed by atoms with Crippen molar-refractivity contribution in [1.82, 2.24) is 15.5 Å². The molecule has 0 bridgehead atoms. The predicted molar refractivity (Wildman–Crippen MR) is 78.0 cm³/mol. The van der Waals surface area contributed by atoms with Gasteiger partial charge in [0, 0.05) is 23.4 Å². The van der Waals surface area contributed by atoms with Crippen molar-refractivity contribution in [1.29, 1.82) is 0 Å². The Bertz CT molecular complexity index is 584. The van der Waals surface area contributed by atoms with E-state index >= 15 is 0 Å². The second-order valence-electron chi connectivity index (χ2n) is 5.39. The highest BCUT2D eigenvalue weighted by molar-refractivity contribution is 6.31. The lowest BCUT2D eigenvalue weighted by molar-refractivity contribution is 0.294. The molecule has 1 N–H and O–H groups in total. The number of nitrogens with one attached hydrogen (secondary N) is 1. The van der Waals surface area contributed by atoms with Crippen LogP contribution in [-0.4, -0.2) is 22.7 Å². The third-order valence-electron chi connectivity index (χ3n) is 3.76. The summed E-state index contributed by atoms with van der Waals surface area (Å²) in [6, 6.07) is 8.27. The van der Waals surface area contributed by atoms with Crippen LogP contribution in [0.1, 0.15) is 43.0 Å². The van der Waals surface area contributed by atoms with Crippen LogP contribution in [0.5, 0.6) is 0 Å². The van der Waals surface area contributed by atoms with Gasteiger partial charge < -0.3 is 9.84 Å². The van der Waals surface area contributed by atoms with E-state index in [9.17, 15) is 0 Å². The summed E-state index contributed by atoms with van der Waals surface area (Å²) in [6.07, 6.45) is 2.72. The topological polar surface area (TPSA) is 51.0 Å². The number of hydrogen-bond acceptors (Lipinski definition) is 4. The summed E-state index contributed by atoms with van der Waals surface area (Å²) in [4.78, 5) is 4.54. The molecule has 0 aliphatic carbocycles. The molecule has 3 rings (SSSR count). The molecule has 4 nitrogen and oxygen atoms in total. The summed E-state index contributed by atoms with van der Waals surface area (Å²) in [6.45, 7) is 3.20. The molecule has 2 unspecified atom stereocenters. The van der Waals surface area contributed by atoms with Gasteiger partial charge in [0.25, 0.3) is 0 Å². The van der Waals surface area contributed by atoms with E-state index in [4.69, 9.17) is 16.1 Å². The van der Waals surface area contributed by atoms with Crippen LogP contribution in [-0.2, 0) is 6.42 Å². The molecule has 2 atom stereocenters. The molecule has 2 heterocycles. The predicted octanol–water partition coefficient (Wildman–Crippen LogP) is 3.17. The monoisotopic (exact) mass is 291 g/mol. The highest BCUT2D eigenvalue weighted by Crippen LogP contribution is 2.27. The summed E-state index contributed by atoms with van der Waals surface area (Å²) < 4.78 is 5.43. The number of piperidine rings is 1. The summed E-state index contributed by atoms with van der Waals surface area (Å²) in [5, 5.41) is 8.26. The quantitative estimate of drug-likeness (QED) is 0.944. The third kappa shape index (κ3) is 3.02. The Hall–Kier alpha value is -1.39. The van der Waals surface area contributed by atoms with Crippen molar-refractivity contribution in [3.8, 4) is 0 Å². The molecule has 0 radical (unpaired) electrons. The van der Waals surface area contributed by atoms with Crippen molar-refractivity contribution in [3.05, 3.63) is 46.6 Å². The second kappa shape index (κ2) is 5.94. The van der Waals surface area contributed by atoms with Gasteiger partial charge in [-0.25, -0.2) is 0 Å². The average molecular weight is 292 g/mol. The summed E-state index contributed by atoms with van der Waals surface area (Å²) >= 11 is 6.15. The molecule has 5 heteroatoms. The molecule has 1 aromatic heterocycles. The molecule has 1 saturated heterocycles. The highest BCUT2D eigenvalue weighted by Gasteiger charge is 2.24. The maximum absolute atomic E-state index is 6.15. The fraction of sp³-hybridized carbons (Fsp3) is 0.467. The Balaban J connectivity index is 1.72. The van der Waals surface area contributed by atoms with Gasteiger partial charge in [-0.05, 0) is 37.9 Å². The lowest BCUT2D eigenvalue weighted by atomic mass is 9.93. The van der Waals surface area contributed by atoms with Gasteiger partial charge in [-0.2, -0.15) is 4.98 Å². The van der Waals surface area contributed by atoms with E-state index in [1.54, 1.807) is 0 Å². The maximum atomic E-state index is 6.15. The molecule has 2 aromatic rings. The van der Waals surface area contributed by atoms with Crippen LogP contribution in [0.2, 0.25) is 5.02 Å². The van der Waals surface area contributed by atoms with Gasteiger partial charge >= 0.3 is 0 Å². The minimum Gasteiger partial charge on any atom is -0.339 e. The molecule has 1 aliphatic heterocycles. The number of aromatic nitrogens is 2. The molecule has 106 valence electrons. The zero-order valence-electron chi connectivity index (χ0n) is 11.5. The molecule has 0 spiro atoms. The second-order valence-corrected chi connectivity index (χ2v) is 5.80. The van der Waals surface area contributed by atoms with Gasteiger partial charge in [-0.15, -0.1) is 0 Å². The zero-order valence-corrected chi connectivity index (χ0v) is 12.2. The fourth-order valence-corrected chi connectivity index (χ4v) is 2.88. The van der Waals surface area contributed by atoms with Crippen molar-refractivity contribution in [2.24, 2.45) is 0 Å². The van der Waals surface area contributed by atoms with E-state index < -0.39 is 0 Å². The summed E-state index contributed by atoms with van der Waals surface area (Å²) in [5.74, 6) is 1.85. The molecular weight excluding hydrogens is 274 g/mol. The van der Waals surface area contributed by atoms with Crippen molar-refractivity contribution in [2.45, 2.75) is 38.1 Å². The van der Waals surface area contributed by atoms with E-state index in [0.29, 0.717) is 24.2 Å². The lowest BCUT2D eigenvalue weighted by Gasteiger charge is -2.25.